The van der Waals surface area contributed by atoms with E-state index in [2.05, 4.69) is 6.07 Å². The van der Waals surface area contributed by atoms with Crippen molar-refractivity contribution in [2.45, 2.75) is 50.3 Å². The van der Waals surface area contributed by atoms with Crippen LogP contribution in [0.25, 0.3) is 11.1 Å². The van der Waals surface area contributed by atoms with E-state index < -0.39 is 36.4 Å². The Kier molecular flexibility index (Phi) is 5.42. The van der Waals surface area contributed by atoms with Gasteiger partial charge in [-0.05, 0) is 82.5 Å². The second-order valence-corrected chi connectivity index (χ2v) is 9.19. The second kappa shape index (κ2) is 8.22. The van der Waals surface area contributed by atoms with Gasteiger partial charge in [0.05, 0.1) is 23.3 Å². The third-order valence-electron chi connectivity index (χ3n) is 7.29. The van der Waals surface area contributed by atoms with Crippen LogP contribution in [0, 0.1) is 35.4 Å². The summed E-state index contributed by atoms with van der Waals surface area (Å²) < 4.78 is 58.7. The minimum Gasteiger partial charge on any atom is -0.382 e. The molecular formula is C28H20F4N2O. The van der Waals surface area contributed by atoms with Gasteiger partial charge < -0.3 is 5.11 Å². The second-order valence-electron chi connectivity index (χ2n) is 9.19. The first-order chi connectivity index (χ1) is 16.7. The fraction of sp³-hybridized carbons (Fsp3) is 0.286. The molecule has 0 fully saturated rings. The zero-order chi connectivity index (χ0) is 25.1. The van der Waals surface area contributed by atoms with Crippen molar-refractivity contribution in [2.24, 2.45) is 0 Å². The first-order valence-electron chi connectivity index (χ1n) is 11.3. The van der Waals surface area contributed by atoms with E-state index in [0.29, 0.717) is 33.4 Å². The molecule has 0 aromatic heterocycles. The van der Waals surface area contributed by atoms with Gasteiger partial charge in [-0.1, -0.05) is 24.3 Å². The summed E-state index contributed by atoms with van der Waals surface area (Å²) >= 11 is 0. The van der Waals surface area contributed by atoms with Gasteiger partial charge in [0.25, 0.3) is 5.92 Å². The van der Waals surface area contributed by atoms with Gasteiger partial charge in [-0.3, -0.25) is 0 Å². The number of halogens is 4. The number of aliphatic hydroxyl groups excluding tert-OH is 1. The summed E-state index contributed by atoms with van der Waals surface area (Å²) in [5, 5.41) is 29.7. The van der Waals surface area contributed by atoms with Gasteiger partial charge in [0.1, 0.15) is 18.1 Å². The van der Waals surface area contributed by atoms with Crippen LogP contribution in [-0.2, 0) is 6.42 Å². The minimum atomic E-state index is -3.42. The van der Waals surface area contributed by atoms with Gasteiger partial charge in [0, 0.05) is 12.3 Å². The molecule has 7 heteroatoms. The van der Waals surface area contributed by atoms with Crippen molar-refractivity contribution >= 4 is 0 Å². The lowest BCUT2D eigenvalue weighted by molar-refractivity contribution is -0.0966. The number of nitriles is 2. The van der Waals surface area contributed by atoms with Crippen LogP contribution in [0.2, 0.25) is 0 Å². The summed E-state index contributed by atoms with van der Waals surface area (Å²) in [6.45, 7) is 1.72. The Morgan fingerprint density at radius 3 is 2.40 bits per heavy atom. The molecule has 3 nitrogen and oxygen atoms in total. The molecular weight excluding hydrogens is 456 g/mol. The van der Waals surface area contributed by atoms with Crippen molar-refractivity contribution < 1.29 is 22.7 Å². The highest BCUT2D eigenvalue weighted by Crippen LogP contribution is 2.53. The molecule has 0 heterocycles. The van der Waals surface area contributed by atoms with Crippen LogP contribution in [0.1, 0.15) is 75.5 Å². The van der Waals surface area contributed by atoms with E-state index in [-0.39, 0.29) is 35.1 Å². The molecule has 0 saturated carbocycles. The van der Waals surface area contributed by atoms with Crippen LogP contribution < -0.4 is 0 Å². The summed E-state index contributed by atoms with van der Waals surface area (Å²) in [6, 6.07) is 14.5. The van der Waals surface area contributed by atoms with E-state index >= 15 is 0 Å². The third-order valence-corrected chi connectivity index (χ3v) is 7.29. The fourth-order valence-corrected chi connectivity index (χ4v) is 5.65. The van der Waals surface area contributed by atoms with Crippen LogP contribution in [0.5, 0.6) is 0 Å². The van der Waals surface area contributed by atoms with Crippen molar-refractivity contribution in [1.82, 2.24) is 0 Å². The first-order valence-corrected chi connectivity index (χ1v) is 11.3. The number of aliphatic hydroxyl groups is 1. The van der Waals surface area contributed by atoms with E-state index in [1.807, 2.05) is 6.07 Å². The Bertz CT molecular complexity index is 1450. The maximum Gasteiger partial charge on any atom is 0.281 e. The van der Waals surface area contributed by atoms with E-state index in [0.717, 1.165) is 12.1 Å². The SMILES string of the molecule is Cc1c(C#N)cccc1-c1ccc([C@H]2CC[C@H](F)c3cc(F)cc(C#N)c32)c2c1[C@H](O)C(F)(F)C2. The zero-order valence-corrected chi connectivity index (χ0v) is 18.7. The van der Waals surface area contributed by atoms with Gasteiger partial charge in [0.2, 0.25) is 0 Å². The molecule has 35 heavy (non-hydrogen) atoms. The summed E-state index contributed by atoms with van der Waals surface area (Å²) in [5.41, 5.74) is 3.15. The van der Waals surface area contributed by atoms with Crippen LogP contribution in [0.4, 0.5) is 17.6 Å². The highest BCUT2D eigenvalue weighted by atomic mass is 19.3. The molecule has 0 saturated heterocycles. The Labute approximate surface area is 199 Å². The molecule has 0 radical (unpaired) electrons. The number of fused-ring (bicyclic) bond motifs is 2. The molecule has 3 aromatic carbocycles. The number of hydrogen-bond acceptors (Lipinski definition) is 3. The van der Waals surface area contributed by atoms with Crippen molar-refractivity contribution in [3.63, 3.8) is 0 Å². The lowest BCUT2D eigenvalue weighted by atomic mass is 9.74. The topological polar surface area (TPSA) is 67.8 Å². The summed E-state index contributed by atoms with van der Waals surface area (Å²) in [6.07, 6.45) is -3.91. The molecule has 3 atom stereocenters. The largest absolute Gasteiger partial charge is 0.382 e. The van der Waals surface area contributed by atoms with Crippen molar-refractivity contribution in [3.8, 4) is 23.3 Å². The molecule has 0 aliphatic heterocycles. The Morgan fingerprint density at radius 1 is 0.943 bits per heavy atom. The highest BCUT2D eigenvalue weighted by molar-refractivity contribution is 5.76. The normalized spacial score (nSPS) is 22.1. The smallest absolute Gasteiger partial charge is 0.281 e. The maximum atomic E-state index is 14.9. The standard InChI is InChI=1S/C28H20F4N2O/c1-14-15(12-33)3-2-4-18(14)20-6-5-19(23-11-28(31,32)27(35)26(20)23)21-7-8-24(30)22-10-17(29)9-16(13-34)25(21)22/h2-6,9-10,21,24,27,35H,7-8,11H2,1H3/t21-,24+,27+/m1/s1. The fourth-order valence-electron chi connectivity index (χ4n) is 5.65. The van der Waals surface area contributed by atoms with Crippen LogP contribution in [-0.4, -0.2) is 11.0 Å². The predicted molar refractivity (Wildman–Crippen MR) is 121 cm³/mol. The number of alkyl halides is 3. The molecule has 176 valence electrons. The van der Waals surface area contributed by atoms with Crippen molar-refractivity contribution in [3.05, 3.63) is 92.8 Å². The first kappa shape index (κ1) is 23.1. The molecule has 0 amide bonds. The number of benzene rings is 3. The van der Waals surface area contributed by atoms with E-state index in [4.69, 9.17) is 0 Å². The van der Waals surface area contributed by atoms with Crippen LogP contribution in [0.15, 0.2) is 42.5 Å². The molecule has 0 spiro atoms. The third kappa shape index (κ3) is 3.50. The van der Waals surface area contributed by atoms with Gasteiger partial charge in [-0.15, -0.1) is 0 Å². The lowest BCUT2D eigenvalue weighted by Crippen LogP contribution is -2.22. The zero-order valence-electron chi connectivity index (χ0n) is 18.7. The van der Waals surface area contributed by atoms with Gasteiger partial charge in [-0.2, -0.15) is 10.5 Å². The lowest BCUT2D eigenvalue weighted by Gasteiger charge is -2.31. The van der Waals surface area contributed by atoms with Gasteiger partial charge in [-0.25, -0.2) is 17.6 Å². The Balaban J connectivity index is 1.77. The van der Waals surface area contributed by atoms with Crippen LogP contribution >= 0.6 is 0 Å². The molecule has 1 N–H and O–H groups in total. The maximum absolute atomic E-state index is 14.9. The van der Waals surface area contributed by atoms with Crippen LogP contribution in [0.3, 0.4) is 0 Å². The molecule has 3 aromatic rings. The molecule has 2 aliphatic carbocycles. The minimum absolute atomic E-state index is 0.0203. The predicted octanol–water partition coefficient (Wildman–Crippen LogP) is 6.71. The average Bonchev–Trinajstić information content (AvgIpc) is 3.08. The molecule has 5 rings (SSSR count). The van der Waals surface area contributed by atoms with E-state index in [9.17, 15) is 33.2 Å². The monoisotopic (exact) mass is 476 g/mol. The number of nitrogens with zero attached hydrogens (tertiary/aromatic N) is 2. The summed E-state index contributed by atoms with van der Waals surface area (Å²) in [7, 11) is 0. The average molecular weight is 476 g/mol. The van der Waals surface area contributed by atoms with Gasteiger partial charge in [0.15, 0.2) is 0 Å². The summed E-state index contributed by atoms with van der Waals surface area (Å²) in [4.78, 5) is 0. The highest BCUT2D eigenvalue weighted by Gasteiger charge is 2.50. The molecule has 0 bridgehead atoms. The van der Waals surface area contributed by atoms with Gasteiger partial charge >= 0.3 is 0 Å². The molecule has 0 unspecified atom stereocenters. The van der Waals surface area contributed by atoms with Crippen molar-refractivity contribution in [2.75, 3.05) is 0 Å². The van der Waals surface area contributed by atoms with Crippen molar-refractivity contribution in [1.29, 1.82) is 10.5 Å². The Morgan fingerprint density at radius 2 is 1.69 bits per heavy atom. The molecule has 2 aliphatic rings. The number of hydrogen-bond donors (Lipinski definition) is 1. The van der Waals surface area contributed by atoms with E-state index in [1.165, 1.54) is 0 Å². The number of rotatable bonds is 2. The Hall–Kier alpha value is -3.68. The summed E-state index contributed by atoms with van der Waals surface area (Å²) in [5.74, 6) is -4.74. The quantitative estimate of drug-likeness (QED) is 0.418. The van der Waals surface area contributed by atoms with E-state index in [1.54, 1.807) is 37.3 Å².